The third-order valence-electron chi connectivity index (χ3n) is 3.80. The van der Waals surface area contributed by atoms with E-state index in [1.165, 1.54) is 69.9 Å². The Morgan fingerprint density at radius 2 is 1.70 bits per heavy atom. The number of aromatic nitrogens is 1. The number of hydrogen-bond donors (Lipinski definition) is 1. The highest BCUT2D eigenvalue weighted by atomic mass is 32.1. The van der Waals surface area contributed by atoms with Crippen molar-refractivity contribution < 1.29 is 0 Å². The first kappa shape index (κ1) is 17.6. The first-order chi connectivity index (χ1) is 9.88. The zero-order chi connectivity index (χ0) is 14.5. The number of hydrogen-bond acceptors (Lipinski definition) is 3. The fourth-order valence-corrected chi connectivity index (χ4v) is 3.16. The third kappa shape index (κ3) is 8.01. The van der Waals surface area contributed by atoms with Crippen LogP contribution in [0.1, 0.15) is 89.8 Å². The van der Waals surface area contributed by atoms with Gasteiger partial charge in [-0.05, 0) is 19.4 Å². The van der Waals surface area contributed by atoms with Crippen LogP contribution in [0, 0.1) is 0 Å². The monoisotopic (exact) mass is 296 g/mol. The lowest BCUT2D eigenvalue weighted by Gasteiger charge is -2.16. The lowest BCUT2D eigenvalue weighted by atomic mass is 10.0. The Morgan fingerprint density at radius 1 is 1.00 bits per heavy atom. The van der Waals surface area contributed by atoms with Crippen LogP contribution in [-0.4, -0.2) is 11.5 Å². The van der Waals surface area contributed by atoms with E-state index in [-0.39, 0.29) is 0 Å². The van der Waals surface area contributed by atoms with Crippen molar-refractivity contribution in [1.29, 1.82) is 0 Å². The molecule has 0 bridgehead atoms. The summed E-state index contributed by atoms with van der Waals surface area (Å²) in [5, 5.41) is 5.83. The number of thiazole rings is 1. The largest absolute Gasteiger partial charge is 0.309 e. The average molecular weight is 297 g/mol. The van der Waals surface area contributed by atoms with Gasteiger partial charge in [-0.25, -0.2) is 4.98 Å². The van der Waals surface area contributed by atoms with Crippen LogP contribution in [-0.2, 0) is 0 Å². The molecule has 1 atom stereocenters. The maximum atomic E-state index is 4.47. The molecule has 3 heteroatoms. The summed E-state index contributed by atoms with van der Waals surface area (Å²) in [7, 11) is 0. The Balaban J connectivity index is 2.10. The molecular formula is C17H32N2S. The van der Waals surface area contributed by atoms with Gasteiger partial charge in [0.05, 0.1) is 17.2 Å². The van der Waals surface area contributed by atoms with Gasteiger partial charge in [-0.2, -0.15) is 0 Å². The summed E-state index contributed by atoms with van der Waals surface area (Å²) in [6.45, 7) is 5.60. The summed E-state index contributed by atoms with van der Waals surface area (Å²) in [6.07, 6.45) is 13.6. The van der Waals surface area contributed by atoms with E-state index in [1.807, 2.05) is 5.51 Å². The predicted molar refractivity (Wildman–Crippen MR) is 90.4 cm³/mol. The van der Waals surface area contributed by atoms with Crippen molar-refractivity contribution in [3.05, 3.63) is 16.6 Å². The maximum absolute atomic E-state index is 4.47. The molecule has 1 unspecified atom stereocenters. The van der Waals surface area contributed by atoms with Gasteiger partial charge in [-0.3, -0.25) is 0 Å². The molecule has 1 rings (SSSR count). The van der Waals surface area contributed by atoms with Crippen molar-refractivity contribution in [3.8, 4) is 0 Å². The lowest BCUT2D eigenvalue weighted by Crippen LogP contribution is -2.22. The summed E-state index contributed by atoms with van der Waals surface area (Å²) >= 11 is 1.71. The van der Waals surface area contributed by atoms with Crippen molar-refractivity contribution >= 4 is 11.3 Å². The zero-order valence-corrected chi connectivity index (χ0v) is 14.2. The van der Waals surface area contributed by atoms with Crippen molar-refractivity contribution in [2.75, 3.05) is 6.54 Å². The van der Waals surface area contributed by atoms with Gasteiger partial charge < -0.3 is 5.32 Å². The molecule has 0 aliphatic rings. The highest BCUT2D eigenvalue weighted by molar-refractivity contribution is 7.07. The summed E-state index contributed by atoms with van der Waals surface area (Å²) < 4.78 is 0. The summed E-state index contributed by atoms with van der Waals surface area (Å²) in [5.74, 6) is 0. The van der Waals surface area contributed by atoms with Crippen LogP contribution in [0.5, 0.6) is 0 Å². The molecule has 0 fully saturated rings. The Morgan fingerprint density at radius 3 is 2.30 bits per heavy atom. The molecule has 0 saturated carbocycles. The van der Waals surface area contributed by atoms with Crippen LogP contribution in [0.15, 0.2) is 10.9 Å². The summed E-state index contributed by atoms with van der Waals surface area (Å²) in [5.41, 5.74) is 3.19. The van der Waals surface area contributed by atoms with E-state index >= 15 is 0 Å². The summed E-state index contributed by atoms with van der Waals surface area (Å²) in [6, 6.07) is 0.473. The minimum Gasteiger partial charge on any atom is -0.309 e. The number of nitrogens with zero attached hydrogens (tertiary/aromatic N) is 1. The molecule has 0 radical (unpaired) electrons. The average Bonchev–Trinajstić information content (AvgIpc) is 2.99. The van der Waals surface area contributed by atoms with E-state index < -0.39 is 0 Å². The van der Waals surface area contributed by atoms with Crippen molar-refractivity contribution in [2.24, 2.45) is 0 Å². The lowest BCUT2D eigenvalue weighted by molar-refractivity contribution is 0.458. The highest BCUT2D eigenvalue weighted by Gasteiger charge is 2.11. The SMILES string of the molecule is CCCCCCCCCCC(NCCC)c1cscn1. The smallest absolute Gasteiger partial charge is 0.0795 e. The van der Waals surface area contributed by atoms with E-state index in [2.05, 4.69) is 29.5 Å². The second-order valence-corrected chi connectivity index (χ2v) is 6.40. The standard InChI is InChI=1S/C17H32N2S/c1-3-5-6-7-8-9-10-11-12-16(18-13-4-2)17-14-20-15-19-17/h14-16,18H,3-13H2,1-2H3. The van der Waals surface area contributed by atoms with Gasteiger partial charge in [0.2, 0.25) is 0 Å². The second-order valence-electron chi connectivity index (χ2n) is 5.68. The molecule has 1 aromatic heterocycles. The van der Waals surface area contributed by atoms with Crippen LogP contribution in [0.2, 0.25) is 0 Å². The molecule has 0 spiro atoms. The first-order valence-electron chi connectivity index (χ1n) is 8.50. The maximum Gasteiger partial charge on any atom is 0.0795 e. The van der Waals surface area contributed by atoms with Crippen molar-refractivity contribution in [1.82, 2.24) is 10.3 Å². The Labute approximate surface area is 129 Å². The molecule has 2 nitrogen and oxygen atoms in total. The number of nitrogens with one attached hydrogen (secondary N) is 1. The van der Waals surface area contributed by atoms with Crippen LogP contribution < -0.4 is 5.32 Å². The molecule has 0 aromatic carbocycles. The molecule has 0 aliphatic heterocycles. The molecule has 20 heavy (non-hydrogen) atoms. The molecule has 1 heterocycles. The Kier molecular flexibility index (Phi) is 10.9. The van der Waals surface area contributed by atoms with Crippen LogP contribution >= 0.6 is 11.3 Å². The van der Waals surface area contributed by atoms with Gasteiger partial charge in [0.1, 0.15) is 0 Å². The van der Waals surface area contributed by atoms with Gasteiger partial charge in [0.25, 0.3) is 0 Å². The normalized spacial score (nSPS) is 12.7. The van der Waals surface area contributed by atoms with E-state index in [0.717, 1.165) is 6.54 Å². The van der Waals surface area contributed by atoms with Crippen LogP contribution in [0.4, 0.5) is 0 Å². The van der Waals surface area contributed by atoms with Crippen molar-refractivity contribution in [3.63, 3.8) is 0 Å². The molecule has 1 N–H and O–H groups in total. The van der Waals surface area contributed by atoms with E-state index in [4.69, 9.17) is 0 Å². The molecule has 0 aliphatic carbocycles. The fourth-order valence-electron chi connectivity index (χ4n) is 2.55. The molecule has 0 amide bonds. The van der Waals surface area contributed by atoms with E-state index in [1.54, 1.807) is 11.3 Å². The number of rotatable bonds is 13. The minimum atomic E-state index is 0.473. The minimum absolute atomic E-state index is 0.473. The van der Waals surface area contributed by atoms with Gasteiger partial charge in [-0.15, -0.1) is 11.3 Å². The zero-order valence-electron chi connectivity index (χ0n) is 13.4. The topological polar surface area (TPSA) is 24.9 Å². The molecular weight excluding hydrogens is 264 g/mol. The first-order valence-corrected chi connectivity index (χ1v) is 9.44. The number of unbranched alkanes of at least 4 members (excludes halogenated alkanes) is 7. The third-order valence-corrected chi connectivity index (χ3v) is 4.40. The predicted octanol–water partition coefficient (Wildman–Crippen LogP) is 5.71. The molecule has 116 valence electrons. The van der Waals surface area contributed by atoms with Crippen LogP contribution in [0.3, 0.4) is 0 Å². The highest BCUT2D eigenvalue weighted by Crippen LogP contribution is 2.20. The van der Waals surface area contributed by atoms with Gasteiger partial charge in [0.15, 0.2) is 0 Å². The quantitative estimate of drug-likeness (QED) is 0.471. The van der Waals surface area contributed by atoms with Gasteiger partial charge in [0, 0.05) is 5.38 Å². The van der Waals surface area contributed by atoms with Gasteiger partial charge in [-0.1, -0.05) is 65.2 Å². The van der Waals surface area contributed by atoms with E-state index in [9.17, 15) is 0 Å². The molecule has 0 saturated heterocycles. The summed E-state index contributed by atoms with van der Waals surface area (Å²) in [4.78, 5) is 4.47. The fraction of sp³-hybridized carbons (Fsp3) is 0.824. The van der Waals surface area contributed by atoms with Crippen molar-refractivity contribution in [2.45, 2.75) is 84.1 Å². The molecule has 1 aromatic rings. The second kappa shape index (κ2) is 12.3. The van der Waals surface area contributed by atoms with E-state index in [0.29, 0.717) is 6.04 Å². The van der Waals surface area contributed by atoms with Gasteiger partial charge >= 0.3 is 0 Å². The Hall–Kier alpha value is -0.410. The Bertz CT molecular complexity index is 298. The van der Waals surface area contributed by atoms with Crippen LogP contribution in [0.25, 0.3) is 0 Å².